The van der Waals surface area contributed by atoms with Crippen LogP contribution < -0.4 is 0 Å². The number of carbonyl (C=O) groups excluding carboxylic acids is 1. The zero-order valence-electron chi connectivity index (χ0n) is 13.2. The SMILES string of the molecule is Cn1nccc1CCC(=O)N1C[C@@H](Cc2cnccn2)[C@H](O)C1. The third-order valence-electron chi connectivity index (χ3n) is 4.36. The number of hydrogen-bond donors (Lipinski definition) is 1. The Morgan fingerprint density at radius 3 is 2.91 bits per heavy atom. The van der Waals surface area contributed by atoms with Crippen molar-refractivity contribution >= 4 is 5.91 Å². The van der Waals surface area contributed by atoms with E-state index >= 15 is 0 Å². The summed E-state index contributed by atoms with van der Waals surface area (Å²) in [4.78, 5) is 22.4. The first-order chi connectivity index (χ1) is 11.1. The molecule has 0 unspecified atom stereocenters. The second kappa shape index (κ2) is 6.87. The Labute approximate surface area is 135 Å². The zero-order valence-corrected chi connectivity index (χ0v) is 13.2. The average Bonchev–Trinajstić information content (AvgIpc) is 3.12. The number of carbonyl (C=O) groups is 1. The summed E-state index contributed by atoms with van der Waals surface area (Å²) >= 11 is 0. The molecule has 0 radical (unpaired) electrons. The van der Waals surface area contributed by atoms with Gasteiger partial charge in [0.15, 0.2) is 0 Å². The van der Waals surface area contributed by atoms with Gasteiger partial charge in [0.05, 0.1) is 11.8 Å². The molecular weight excluding hydrogens is 294 g/mol. The highest BCUT2D eigenvalue weighted by atomic mass is 16.3. The highest BCUT2D eigenvalue weighted by molar-refractivity contribution is 5.76. The van der Waals surface area contributed by atoms with Gasteiger partial charge in [-0.15, -0.1) is 0 Å². The predicted molar refractivity (Wildman–Crippen MR) is 83.3 cm³/mol. The van der Waals surface area contributed by atoms with E-state index in [2.05, 4.69) is 15.1 Å². The van der Waals surface area contributed by atoms with E-state index in [4.69, 9.17) is 0 Å². The Balaban J connectivity index is 1.53. The van der Waals surface area contributed by atoms with Gasteiger partial charge in [0, 0.05) is 63.0 Å². The summed E-state index contributed by atoms with van der Waals surface area (Å²) in [6.45, 7) is 0.969. The molecule has 1 aliphatic rings. The van der Waals surface area contributed by atoms with Crippen LogP contribution in [0.2, 0.25) is 0 Å². The molecule has 7 heteroatoms. The normalized spacial score (nSPS) is 20.9. The first kappa shape index (κ1) is 15.6. The first-order valence-electron chi connectivity index (χ1n) is 7.81. The van der Waals surface area contributed by atoms with E-state index in [-0.39, 0.29) is 11.8 Å². The summed E-state index contributed by atoms with van der Waals surface area (Å²) in [5.41, 5.74) is 1.88. The number of aliphatic hydroxyl groups is 1. The van der Waals surface area contributed by atoms with Crippen molar-refractivity contribution in [3.05, 3.63) is 42.2 Å². The minimum absolute atomic E-state index is 0.0207. The van der Waals surface area contributed by atoms with Crippen LogP contribution in [0.25, 0.3) is 0 Å². The summed E-state index contributed by atoms with van der Waals surface area (Å²) in [6.07, 6.45) is 7.95. The number of aliphatic hydroxyl groups excluding tert-OH is 1. The lowest BCUT2D eigenvalue weighted by atomic mass is 10.0. The lowest BCUT2D eigenvalue weighted by Crippen LogP contribution is -2.30. The Morgan fingerprint density at radius 1 is 1.35 bits per heavy atom. The molecule has 3 heterocycles. The number of aryl methyl sites for hydroxylation is 2. The minimum atomic E-state index is -0.502. The number of hydrogen-bond acceptors (Lipinski definition) is 5. The van der Waals surface area contributed by atoms with Crippen LogP contribution in [0, 0.1) is 5.92 Å². The average molecular weight is 315 g/mol. The van der Waals surface area contributed by atoms with Gasteiger partial charge in [0.25, 0.3) is 0 Å². The molecule has 0 spiro atoms. The number of nitrogens with zero attached hydrogens (tertiary/aromatic N) is 5. The molecule has 23 heavy (non-hydrogen) atoms. The lowest BCUT2D eigenvalue weighted by Gasteiger charge is -2.16. The van der Waals surface area contributed by atoms with Crippen molar-refractivity contribution in [2.24, 2.45) is 13.0 Å². The van der Waals surface area contributed by atoms with Crippen LogP contribution in [0.3, 0.4) is 0 Å². The number of likely N-dealkylation sites (tertiary alicyclic amines) is 1. The van der Waals surface area contributed by atoms with Gasteiger partial charge in [-0.05, 0) is 18.9 Å². The van der Waals surface area contributed by atoms with Crippen LogP contribution in [0.5, 0.6) is 0 Å². The van der Waals surface area contributed by atoms with Crippen molar-refractivity contribution in [3.8, 4) is 0 Å². The molecule has 2 aromatic heterocycles. The van der Waals surface area contributed by atoms with E-state index in [1.54, 1.807) is 34.4 Å². The number of β-amino-alcohol motifs (C(OH)–C–C–N with tert-alkyl or cyclic N) is 1. The van der Waals surface area contributed by atoms with Crippen molar-refractivity contribution in [1.82, 2.24) is 24.6 Å². The standard InChI is InChI=1S/C16H21N5O2/c1-20-14(4-5-19-20)2-3-16(23)21-10-12(15(22)11-21)8-13-9-17-6-7-18-13/h4-7,9,12,15,22H,2-3,8,10-11H2,1H3/t12-,15-/m1/s1. The molecule has 122 valence electrons. The molecule has 1 aliphatic heterocycles. The molecule has 3 rings (SSSR count). The lowest BCUT2D eigenvalue weighted by molar-refractivity contribution is -0.130. The van der Waals surface area contributed by atoms with Gasteiger partial charge in [0.1, 0.15) is 0 Å². The van der Waals surface area contributed by atoms with Crippen LogP contribution in [0.4, 0.5) is 0 Å². The fourth-order valence-corrected chi connectivity index (χ4v) is 3.00. The van der Waals surface area contributed by atoms with E-state index in [1.807, 2.05) is 13.1 Å². The van der Waals surface area contributed by atoms with Gasteiger partial charge in [-0.1, -0.05) is 0 Å². The fourth-order valence-electron chi connectivity index (χ4n) is 3.00. The molecule has 0 saturated carbocycles. The van der Waals surface area contributed by atoms with Crippen molar-refractivity contribution in [2.45, 2.75) is 25.4 Å². The van der Waals surface area contributed by atoms with Crippen LogP contribution in [-0.2, 0) is 24.7 Å². The second-order valence-electron chi connectivity index (χ2n) is 5.97. The van der Waals surface area contributed by atoms with Crippen molar-refractivity contribution in [3.63, 3.8) is 0 Å². The summed E-state index contributed by atoms with van der Waals surface area (Å²) in [5.74, 6) is 0.0965. The molecule has 7 nitrogen and oxygen atoms in total. The van der Waals surface area contributed by atoms with Crippen LogP contribution >= 0.6 is 0 Å². The van der Waals surface area contributed by atoms with Gasteiger partial charge in [0.2, 0.25) is 5.91 Å². The summed E-state index contributed by atoms with van der Waals surface area (Å²) in [5, 5.41) is 14.3. The van der Waals surface area contributed by atoms with Gasteiger partial charge in [-0.3, -0.25) is 19.4 Å². The maximum atomic E-state index is 12.4. The number of rotatable bonds is 5. The maximum Gasteiger partial charge on any atom is 0.223 e. The Kier molecular flexibility index (Phi) is 4.66. The molecule has 1 fully saturated rings. The Hall–Kier alpha value is -2.28. The molecule has 1 saturated heterocycles. The van der Waals surface area contributed by atoms with Crippen LogP contribution in [-0.4, -0.2) is 54.9 Å². The third kappa shape index (κ3) is 3.73. The molecule has 2 atom stereocenters. The molecule has 0 aromatic carbocycles. The van der Waals surface area contributed by atoms with E-state index in [9.17, 15) is 9.90 Å². The number of aromatic nitrogens is 4. The minimum Gasteiger partial charge on any atom is -0.391 e. The van der Waals surface area contributed by atoms with E-state index in [0.717, 1.165) is 11.4 Å². The summed E-state index contributed by atoms with van der Waals surface area (Å²) < 4.78 is 1.78. The predicted octanol–water partition coefficient (Wildman–Crippen LogP) is 0.205. The molecule has 1 N–H and O–H groups in total. The largest absolute Gasteiger partial charge is 0.391 e. The van der Waals surface area contributed by atoms with Crippen molar-refractivity contribution in [2.75, 3.05) is 13.1 Å². The highest BCUT2D eigenvalue weighted by Crippen LogP contribution is 2.21. The van der Waals surface area contributed by atoms with Gasteiger partial charge >= 0.3 is 0 Å². The monoisotopic (exact) mass is 315 g/mol. The van der Waals surface area contributed by atoms with Gasteiger partial charge < -0.3 is 10.0 Å². The molecule has 2 aromatic rings. The number of amides is 1. The first-order valence-corrected chi connectivity index (χ1v) is 7.81. The maximum absolute atomic E-state index is 12.4. The molecular formula is C16H21N5O2. The zero-order chi connectivity index (χ0) is 16.2. The Morgan fingerprint density at radius 2 is 2.22 bits per heavy atom. The summed E-state index contributed by atoms with van der Waals surface area (Å²) in [6, 6.07) is 1.92. The van der Waals surface area contributed by atoms with E-state index < -0.39 is 6.10 Å². The summed E-state index contributed by atoms with van der Waals surface area (Å²) in [7, 11) is 1.87. The smallest absolute Gasteiger partial charge is 0.223 e. The van der Waals surface area contributed by atoms with Gasteiger partial charge in [-0.25, -0.2) is 0 Å². The molecule has 0 bridgehead atoms. The van der Waals surface area contributed by atoms with Crippen molar-refractivity contribution in [1.29, 1.82) is 0 Å². The van der Waals surface area contributed by atoms with E-state index in [1.165, 1.54) is 0 Å². The topological polar surface area (TPSA) is 84.1 Å². The van der Waals surface area contributed by atoms with E-state index in [0.29, 0.717) is 32.4 Å². The van der Waals surface area contributed by atoms with Crippen molar-refractivity contribution < 1.29 is 9.90 Å². The molecule has 1 amide bonds. The fraction of sp³-hybridized carbons (Fsp3) is 0.500. The van der Waals surface area contributed by atoms with Crippen LogP contribution in [0.1, 0.15) is 17.8 Å². The third-order valence-corrected chi connectivity index (χ3v) is 4.36. The Bertz CT molecular complexity index is 658. The van der Waals surface area contributed by atoms with Gasteiger partial charge in [-0.2, -0.15) is 5.10 Å². The van der Waals surface area contributed by atoms with Crippen LogP contribution in [0.15, 0.2) is 30.9 Å². The second-order valence-corrected chi connectivity index (χ2v) is 5.97. The highest BCUT2D eigenvalue weighted by Gasteiger charge is 2.34. The molecule has 0 aliphatic carbocycles. The quantitative estimate of drug-likeness (QED) is 0.852.